The molecular formula is C17H15FO3. The Balaban J connectivity index is 2.15. The van der Waals surface area contributed by atoms with Gasteiger partial charge in [-0.15, -0.1) is 0 Å². The monoisotopic (exact) mass is 286 g/mol. The highest BCUT2D eigenvalue weighted by atomic mass is 19.1. The van der Waals surface area contributed by atoms with Crippen molar-refractivity contribution >= 4 is 12.0 Å². The number of hydrogen-bond donors (Lipinski definition) is 0. The fraction of sp³-hybridized carbons (Fsp3) is 0.118. The Kier molecular flexibility index (Phi) is 5.10. The first kappa shape index (κ1) is 14.8. The Bertz CT molecular complexity index is 636. The molecule has 2 aromatic carbocycles. The van der Waals surface area contributed by atoms with Gasteiger partial charge in [-0.3, -0.25) is 0 Å². The number of carbonyl (C=O) groups is 1. The summed E-state index contributed by atoms with van der Waals surface area (Å²) in [5.74, 6) is -0.255. The van der Waals surface area contributed by atoms with E-state index in [-0.39, 0.29) is 5.75 Å². The lowest BCUT2D eigenvalue weighted by molar-refractivity contribution is -0.137. The van der Waals surface area contributed by atoms with E-state index in [9.17, 15) is 9.18 Å². The largest absolute Gasteiger partial charge is 0.463 e. The van der Waals surface area contributed by atoms with E-state index >= 15 is 0 Å². The number of ether oxygens (including phenoxy) is 2. The van der Waals surface area contributed by atoms with Gasteiger partial charge in [-0.1, -0.05) is 24.3 Å². The molecule has 21 heavy (non-hydrogen) atoms. The van der Waals surface area contributed by atoms with Gasteiger partial charge in [0.25, 0.3) is 0 Å². The van der Waals surface area contributed by atoms with Gasteiger partial charge < -0.3 is 9.47 Å². The molecule has 0 fully saturated rings. The molecular weight excluding hydrogens is 271 g/mol. The normalized spacial score (nSPS) is 10.6. The molecule has 2 aromatic rings. The van der Waals surface area contributed by atoms with E-state index in [1.165, 1.54) is 18.2 Å². The van der Waals surface area contributed by atoms with E-state index in [2.05, 4.69) is 0 Å². The highest BCUT2D eigenvalue weighted by Gasteiger charge is 2.05. The van der Waals surface area contributed by atoms with Crippen molar-refractivity contribution in [3.63, 3.8) is 0 Å². The summed E-state index contributed by atoms with van der Waals surface area (Å²) in [6.07, 6.45) is 2.85. The summed E-state index contributed by atoms with van der Waals surface area (Å²) in [4.78, 5) is 11.2. The smallest absolute Gasteiger partial charge is 0.330 e. The minimum atomic E-state index is -0.466. The van der Waals surface area contributed by atoms with E-state index in [0.29, 0.717) is 17.9 Å². The molecule has 0 radical (unpaired) electrons. The molecule has 0 aliphatic carbocycles. The molecule has 0 saturated carbocycles. The summed E-state index contributed by atoms with van der Waals surface area (Å²) in [5, 5.41) is 0. The van der Waals surface area contributed by atoms with Crippen molar-refractivity contribution in [2.24, 2.45) is 0 Å². The van der Waals surface area contributed by atoms with E-state index < -0.39 is 11.8 Å². The van der Waals surface area contributed by atoms with Crippen LogP contribution in [0, 0.1) is 5.82 Å². The van der Waals surface area contributed by atoms with Crippen LogP contribution in [0.3, 0.4) is 0 Å². The zero-order valence-electron chi connectivity index (χ0n) is 11.6. The summed E-state index contributed by atoms with van der Waals surface area (Å²) in [6.45, 7) is 2.05. The Morgan fingerprint density at radius 3 is 2.67 bits per heavy atom. The maximum Gasteiger partial charge on any atom is 0.330 e. The lowest BCUT2D eigenvalue weighted by atomic mass is 10.2. The molecule has 0 aliphatic heterocycles. The molecule has 0 aromatic heterocycles. The highest BCUT2D eigenvalue weighted by molar-refractivity contribution is 5.87. The summed E-state index contributed by atoms with van der Waals surface area (Å²) in [6, 6.07) is 13.3. The Morgan fingerprint density at radius 1 is 1.19 bits per heavy atom. The van der Waals surface area contributed by atoms with Gasteiger partial charge in [0.2, 0.25) is 0 Å². The van der Waals surface area contributed by atoms with Crippen LogP contribution < -0.4 is 4.74 Å². The van der Waals surface area contributed by atoms with Crippen LogP contribution in [0.25, 0.3) is 6.08 Å². The second kappa shape index (κ2) is 7.24. The summed E-state index contributed by atoms with van der Waals surface area (Å²) < 4.78 is 24.0. The highest BCUT2D eigenvalue weighted by Crippen LogP contribution is 2.25. The standard InChI is InChI=1S/C17H15FO3/c1-2-20-17(19)11-9-13-8-10-15(18)16(12-13)21-14-6-4-3-5-7-14/h3-12H,2H2,1H3/b11-9+. The van der Waals surface area contributed by atoms with E-state index in [1.54, 1.807) is 43.3 Å². The minimum absolute atomic E-state index is 0.104. The molecule has 0 unspecified atom stereocenters. The first-order valence-corrected chi connectivity index (χ1v) is 6.56. The van der Waals surface area contributed by atoms with Gasteiger partial charge in [0, 0.05) is 6.08 Å². The maximum absolute atomic E-state index is 13.7. The molecule has 0 atom stereocenters. The second-order valence-electron chi connectivity index (χ2n) is 4.19. The van der Waals surface area contributed by atoms with Crippen molar-refractivity contribution in [2.45, 2.75) is 6.92 Å². The quantitative estimate of drug-likeness (QED) is 0.610. The molecule has 0 saturated heterocycles. The molecule has 0 heterocycles. The van der Waals surface area contributed by atoms with Crippen LogP contribution in [0.2, 0.25) is 0 Å². The minimum Gasteiger partial charge on any atom is -0.463 e. The topological polar surface area (TPSA) is 35.5 Å². The Labute approximate surface area is 122 Å². The second-order valence-corrected chi connectivity index (χ2v) is 4.19. The molecule has 0 spiro atoms. The third kappa shape index (κ3) is 4.45. The van der Waals surface area contributed by atoms with Gasteiger partial charge in [0.1, 0.15) is 5.75 Å². The number of carbonyl (C=O) groups excluding carboxylic acids is 1. The maximum atomic E-state index is 13.7. The van der Waals surface area contributed by atoms with Crippen molar-refractivity contribution in [1.29, 1.82) is 0 Å². The van der Waals surface area contributed by atoms with Crippen molar-refractivity contribution in [3.8, 4) is 11.5 Å². The van der Waals surface area contributed by atoms with Crippen LogP contribution in [0.5, 0.6) is 11.5 Å². The lowest BCUT2D eigenvalue weighted by Crippen LogP contribution is -1.98. The van der Waals surface area contributed by atoms with E-state index in [0.717, 1.165) is 0 Å². The fourth-order valence-corrected chi connectivity index (χ4v) is 1.67. The van der Waals surface area contributed by atoms with Crippen LogP contribution in [-0.2, 0) is 9.53 Å². The van der Waals surface area contributed by atoms with Gasteiger partial charge in [0.15, 0.2) is 11.6 Å². The predicted molar refractivity (Wildman–Crippen MR) is 78.6 cm³/mol. The van der Waals surface area contributed by atoms with Crippen LogP contribution in [-0.4, -0.2) is 12.6 Å². The number of rotatable bonds is 5. The third-order valence-electron chi connectivity index (χ3n) is 2.62. The predicted octanol–water partition coefficient (Wildman–Crippen LogP) is 4.19. The van der Waals surface area contributed by atoms with Crippen molar-refractivity contribution < 1.29 is 18.7 Å². The van der Waals surface area contributed by atoms with Gasteiger partial charge in [-0.25, -0.2) is 9.18 Å². The van der Waals surface area contributed by atoms with Crippen molar-refractivity contribution in [1.82, 2.24) is 0 Å². The van der Waals surface area contributed by atoms with E-state index in [4.69, 9.17) is 9.47 Å². The number of hydrogen-bond acceptors (Lipinski definition) is 3. The van der Waals surface area contributed by atoms with Gasteiger partial charge in [0.05, 0.1) is 6.61 Å². The first-order valence-electron chi connectivity index (χ1n) is 6.56. The third-order valence-corrected chi connectivity index (χ3v) is 2.62. The lowest BCUT2D eigenvalue weighted by Gasteiger charge is -2.07. The fourth-order valence-electron chi connectivity index (χ4n) is 1.67. The molecule has 3 nitrogen and oxygen atoms in total. The molecule has 4 heteroatoms. The molecule has 0 N–H and O–H groups in total. The molecule has 108 valence electrons. The van der Waals surface area contributed by atoms with Crippen molar-refractivity contribution in [3.05, 3.63) is 66.0 Å². The number of benzene rings is 2. The van der Waals surface area contributed by atoms with Crippen LogP contribution >= 0.6 is 0 Å². The molecule has 0 bridgehead atoms. The molecule has 2 rings (SSSR count). The number of halogens is 1. The molecule has 0 amide bonds. The zero-order valence-corrected chi connectivity index (χ0v) is 11.6. The number of esters is 1. The average molecular weight is 286 g/mol. The summed E-state index contributed by atoms with van der Waals surface area (Å²) >= 11 is 0. The Morgan fingerprint density at radius 2 is 1.95 bits per heavy atom. The van der Waals surface area contributed by atoms with Gasteiger partial charge >= 0.3 is 5.97 Å². The van der Waals surface area contributed by atoms with Crippen LogP contribution in [0.1, 0.15) is 12.5 Å². The Hall–Kier alpha value is -2.62. The van der Waals surface area contributed by atoms with Crippen LogP contribution in [0.4, 0.5) is 4.39 Å². The summed E-state index contributed by atoms with van der Waals surface area (Å²) in [7, 11) is 0. The van der Waals surface area contributed by atoms with Gasteiger partial charge in [-0.2, -0.15) is 0 Å². The van der Waals surface area contributed by atoms with Crippen molar-refractivity contribution in [2.75, 3.05) is 6.61 Å². The SMILES string of the molecule is CCOC(=O)/C=C/c1ccc(F)c(Oc2ccccc2)c1. The number of para-hydroxylation sites is 1. The van der Waals surface area contributed by atoms with E-state index in [1.807, 2.05) is 6.07 Å². The average Bonchev–Trinajstić information content (AvgIpc) is 2.49. The molecule has 0 aliphatic rings. The summed E-state index contributed by atoms with van der Waals surface area (Å²) in [5.41, 5.74) is 0.649. The van der Waals surface area contributed by atoms with Crippen LogP contribution in [0.15, 0.2) is 54.6 Å². The first-order chi connectivity index (χ1) is 10.2. The van der Waals surface area contributed by atoms with Gasteiger partial charge in [-0.05, 0) is 42.8 Å². The zero-order chi connectivity index (χ0) is 15.1.